The minimum Gasteiger partial charge on any atom is -0.309 e. The largest absolute Gasteiger partial charge is 0.309 e. The quantitative estimate of drug-likeness (QED) is 0.831. The molecule has 4 heteroatoms. The van der Waals surface area contributed by atoms with Crippen LogP contribution < -0.4 is 5.32 Å². The van der Waals surface area contributed by atoms with Gasteiger partial charge in [0.05, 0.1) is 22.4 Å². The van der Waals surface area contributed by atoms with Crippen LogP contribution in [0.25, 0.3) is 0 Å². The van der Waals surface area contributed by atoms with E-state index in [4.69, 9.17) is 0 Å². The van der Waals surface area contributed by atoms with E-state index in [0.717, 1.165) is 29.9 Å². The summed E-state index contributed by atoms with van der Waals surface area (Å²) in [5.41, 5.74) is 1.29. The normalized spacial score (nSPS) is 14.9. The summed E-state index contributed by atoms with van der Waals surface area (Å²) in [5, 5.41) is 7.98. The summed E-state index contributed by atoms with van der Waals surface area (Å²) in [7, 11) is 0. The molecule has 2 unspecified atom stereocenters. The summed E-state index contributed by atoms with van der Waals surface area (Å²) in [6, 6.07) is 0.395. The number of nitrogens with one attached hydrogen (secondary N) is 1. The van der Waals surface area contributed by atoms with Gasteiger partial charge >= 0.3 is 0 Å². The van der Waals surface area contributed by atoms with Crippen LogP contribution >= 0.6 is 15.9 Å². The Bertz CT molecular complexity index is 335. The van der Waals surface area contributed by atoms with Gasteiger partial charge in [-0.1, -0.05) is 27.2 Å². The minimum atomic E-state index is 0.395. The van der Waals surface area contributed by atoms with Crippen LogP contribution in [0.15, 0.2) is 10.7 Å². The molecular formula is C13H24BrN3. The molecule has 2 atom stereocenters. The summed E-state index contributed by atoms with van der Waals surface area (Å²) >= 11 is 3.62. The molecule has 0 fully saturated rings. The van der Waals surface area contributed by atoms with Crippen LogP contribution in [0.3, 0.4) is 0 Å². The molecule has 1 N–H and O–H groups in total. The molecule has 1 rings (SSSR count). The summed E-state index contributed by atoms with van der Waals surface area (Å²) in [4.78, 5) is 0. The van der Waals surface area contributed by atoms with Crippen LogP contribution in [0.2, 0.25) is 0 Å². The zero-order chi connectivity index (χ0) is 12.8. The third kappa shape index (κ3) is 3.81. The van der Waals surface area contributed by atoms with Gasteiger partial charge in [0.25, 0.3) is 0 Å². The highest BCUT2D eigenvalue weighted by atomic mass is 79.9. The molecule has 0 saturated carbocycles. The zero-order valence-corrected chi connectivity index (χ0v) is 12.9. The van der Waals surface area contributed by atoms with Gasteiger partial charge in [-0.2, -0.15) is 5.10 Å². The number of aryl methyl sites for hydroxylation is 1. The summed E-state index contributed by atoms with van der Waals surface area (Å²) in [6.45, 7) is 10.8. The molecule has 3 nitrogen and oxygen atoms in total. The van der Waals surface area contributed by atoms with E-state index in [-0.39, 0.29) is 0 Å². The van der Waals surface area contributed by atoms with Crippen molar-refractivity contribution < 1.29 is 0 Å². The molecule has 1 aromatic heterocycles. The average molecular weight is 302 g/mol. The maximum atomic E-state index is 4.40. The molecule has 0 bridgehead atoms. The van der Waals surface area contributed by atoms with Gasteiger partial charge in [-0.3, -0.25) is 4.68 Å². The van der Waals surface area contributed by atoms with E-state index in [1.807, 2.05) is 6.20 Å². The number of rotatable bonds is 7. The highest BCUT2D eigenvalue weighted by Gasteiger charge is 2.20. The fourth-order valence-electron chi connectivity index (χ4n) is 2.08. The van der Waals surface area contributed by atoms with Gasteiger partial charge in [0.1, 0.15) is 0 Å². The van der Waals surface area contributed by atoms with E-state index < -0.39 is 0 Å². The molecule has 1 aromatic rings. The third-order valence-electron chi connectivity index (χ3n) is 3.25. The van der Waals surface area contributed by atoms with Gasteiger partial charge in [-0.05, 0) is 41.7 Å². The Kier molecular flexibility index (Phi) is 6.20. The Hall–Kier alpha value is -0.350. The Balaban J connectivity index is 2.91. The molecule has 0 aromatic carbocycles. The topological polar surface area (TPSA) is 29.9 Å². The number of hydrogen-bond donors (Lipinski definition) is 1. The average Bonchev–Trinajstić information content (AvgIpc) is 2.69. The number of halogens is 1. The van der Waals surface area contributed by atoms with Crippen molar-refractivity contribution in [2.24, 2.45) is 5.92 Å². The summed E-state index contributed by atoms with van der Waals surface area (Å²) in [5.74, 6) is 0.728. The zero-order valence-electron chi connectivity index (χ0n) is 11.3. The minimum absolute atomic E-state index is 0.395. The van der Waals surface area contributed by atoms with E-state index in [2.05, 4.69) is 58.7 Å². The molecule has 0 spiro atoms. The number of hydrogen-bond acceptors (Lipinski definition) is 2. The summed E-state index contributed by atoms with van der Waals surface area (Å²) < 4.78 is 3.20. The first kappa shape index (κ1) is 14.7. The van der Waals surface area contributed by atoms with Crippen molar-refractivity contribution >= 4 is 15.9 Å². The molecule has 0 amide bonds. The second-order valence-corrected chi connectivity index (χ2v) is 5.41. The highest BCUT2D eigenvalue weighted by molar-refractivity contribution is 9.10. The fraction of sp³-hybridized carbons (Fsp3) is 0.769. The van der Waals surface area contributed by atoms with E-state index >= 15 is 0 Å². The van der Waals surface area contributed by atoms with E-state index in [9.17, 15) is 0 Å². The van der Waals surface area contributed by atoms with E-state index in [1.165, 1.54) is 12.1 Å². The molecule has 98 valence electrons. The van der Waals surface area contributed by atoms with Crippen LogP contribution in [0.4, 0.5) is 0 Å². The van der Waals surface area contributed by atoms with Crippen molar-refractivity contribution in [2.75, 3.05) is 6.54 Å². The lowest BCUT2D eigenvalue weighted by atomic mass is 9.97. The summed E-state index contributed by atoms with van der Waals surface area (Å²) in [6.07, 6.45) is 4.29. The monoisotopic (exact) mass is 301 g/mol. The standard InChI is InChI=1S/C13H24BrN3/c1-5-10(4)8-12(15-6-2)13-11(14)9-16-17(13)7-3/h9-10,12,15H,5-8H2,1-4H3. The smallest absolute Gasteiger partial charge is 0.0695 e. The van der Waals surface area contributed by atoms with Crippen molar-refractivity contribution in [3.05, 3.63) is 16.4 Å². The SMILES string of the molecule is CCNC(CC(C)CC)c1c(Br)cnn1CC. The molecule has 0 aliphatic carbocycles. The maximum absolute atomic E-state index is 4.40. The van der Waals surface area contributed by atoms with Crippen molar-refractivity contribution in [1.82, 2.24) is 15.1 Å². The first-order valence-electron chi connectivity index (χ1n) is 6.58. The Morgan fingerprint density at radius 2 is 2.12 bits per heavy atom. The van der Waals surface area contributed by atoms with Gasteiger partial charge in [0.2, 0.25) is 0 Å². The molecule has 0 aliphatic heterocycles. The first-order valence-corrected chi connectivity index (χ1v) is 7.37. The second-order valence-electron chi connectivity index (χ2n) is 4.55. The maximum Gasteiger partial charge on any atom is 0.0695 e. The predicted octanol–water partition coefficient (Wildman–Crippen LogP) is 3.75. The van der Waals surface area contributed by atoms with Gasteiger partial charge in [0, 0.05) is 6.54 Å². The first-order chi connectivity index (χ1) is 8.13. The van der Waals surface area contributed by atoms with Gasteiger partial charge in [-0.25, -0.2) is 0 Å². The van der Waals surface area contributed by atoms with Crippen LogP contribution in [0, 0.1) is 5.92 Å². The van der Waals surface area contributed by atoms with Crippen LogP contribution in [0.5, 0.6) is 0 Å². The fourth-order valence-corrected chi connectivity index (χ4v) is 2.65. The van der Waals surface area contributed by atoms with Gasteiger partial charge in [0.15, 0.2) is 0 Å². The lowest BCUT2D eigenvalue weighted by Crippen LogP contribution is -2.25. The third-order valence-corrected chi connectivity index (χ3v) is 3.86. The second kappa shape index (κ2) is 7.17. The predicted molar refractivity (Wildman–Crippen MR) is 76.1 cm³/mol. The Labute approximate surface area is 113 Å². The van der Waals surface area contributed by atoms with Crippen LogP contribution in [-0.2, 0) is 6.54 Å². The van der Waals surface area contributed by atoms with Crippen LogP contribution in [-0.4, -0.2) is 16.3 Å². The lowest BCUT2D eigenvalue weighted by Gasteiger charge is -2.22. The van der Waals surface area contributed by atoms with Crippen molar-refractivity contribution in [3.63, 3.8) is 0 Å². The lowest BCUT2D eigenvalue weighted by molar-refractivity contribution is 0.386. The van der Waals surface area contributed by atoms with Crippen molar-refractivity contribution in [2.45, 2.75) is 53.1 Å². The number of aromatic nitrogens is 2. The molecule has 17 heavy (non-hydrogen) atoms. The van der Waals surface area contributed by atoms with Crippen molar-refractivity contribution in [3.8, 4) is 0 Å². The number of nitrogens with zero attached hydrogens (tertiary/aromatic N) is 2. The molecule has 1 heterocycles. The van der Waals surface area contributed by atoms with E-state index in [1.54, 1.807) is 0 Å². The van der Waals surface area contributed by atoms with Gasteiger partial charge < -0.3 is 5.32 Å². The Morgan fingerprint density at radius 3 is 2.65 bits per heavy atom. The van der Waals surface area contributed by atoms with Crippen molar-refractivity contribution in [1.29, 1.82) is 0 Å². The highest BCUT2D eigenvalue weighted by Crippen LogP contribution is 2.28. The molecular weight excluding hydrogens is 278 g/mol. The van der Waals surface area contributed by atoms with Gasteiger partial charge in [-0.15, -0.1) is 0 Å². The molecule has 0 saturated heterocycles. The van der Waals surface area contributed by atoms with Crippen LogP contribution in [0.1, 0.15) is 52.3 Å². The Morgan fingerprint density at radius 1 is 1.41 bits per heavy atom. The molecule has 0 radical (unpaired) electrons. The molecule has 0 aliphatic rings. The van der Waals surface area contributed by atoms with E-state index in [0.29, 0.717) is 6.04 Å².